The lowest BCUT2D eigenvalue weighted by Crippen LogP contribution is -2.41. The van der Waals surface area contributed by atoms with E-state index in [4.69, 9.17) is 9.47 Å². The van der Waals surface area contributed by atoms with Crippen LogP contribution in [-0.4, -0.2) is 60.9 Å². The van der Waals surface area contributed by atoms with Crippen LogP contribution in [0.25, 0.3) is 0 Å². The first-order valence-electron chi connectivity index (χ1n) is 6.84. The summed E-state index contributed by atoms with van der Waals surface area (Å²) in [7, 11) is 0. The molecule has 0 aliphatic carbocycles. The highest BCUT2D eigenvalue weighted by atomic mass is 16.5. The van der Waals surface area contributed by atoms with Crippen LogP contribution >= 0.6 is 0 Å². The number of aliphatic hydroxyl groups excluding tert-OH is 1. The van der Waals surface area contributed by atoms with Crippen molar-refractivity contribution in [3.8, 4) is 0 Å². The summed E-state index contributed by atoms with van der Waals surface area (Å²) in [6.45, 7) is 6.31. The van der Waals surface area contributed by atoms with Crippen molar-refractivity contribution >= 4 is 0 Å². The summed E-state index contributed by atoms with van der Waals surface area (Å²) in [5.74, 6) is 0. The fourth-order valence-electron chi connectivity index (χ4n) is 1.80. The van der Waals surface area contributed by atoms with Crippen LogP contribution in [-0.2, 0) is 9.47 Å². The molecular weight excluding hydrogens is 234 g/mol. The Labute approximate surface area is 109 Å². The number of rotatable bonds is 9. The summed E-state index contributed by atoms with van der Waals surface area (Å²) in [5.41, 5.74) is -0.710. The van der Waals surface area contributed by atoms with Crippen molar-refractivity contribution in [3.05, 3.63) is 0 Å². The van der Waals surface area contributed by atoms with Crippen molar-refractivity contribution in [3.63, 3.8) is 0 Å². The van der Waals surface area contributed by atoms with E-state index >= 15 is 0 Å². The molecule has 1 fully saturated rings. The third kappa shape index (κ3) is 6.66. The van der Waals surface area contributed by atoms with Crippen LogP contribution in [0.1, 0.15) is 33.1 Å². The second kappa shape index (κ2) is 8.07. The molecule has 3 atom stereocenters. The first-order valence-corrected chi connectivity index (χ1v) is 6.84. The van der Waals surface area contributed by atoms with Crippen LogP contribution in [0, 0.1) is 0 Å². The quantitative estimate of drug-likeness (QED) is 0.556. The first-order chi connectivity index (χ1) is 8.53. The number of hydrogen-bond donors (Lipinski definition) is 3. The van der Waals surface area contributed by atoms with E-state index in [1.165, 1.54) is 0 Å². The van der Waals surface area contributed by atoms with Gasteiger partial charge in [-0.3, -0.25) is 0 Å². The molecule has 3 unspecified atom stereocenters. The van der Waals surface area contributed by atoms with Crippen molar-refractivity contribution in [2.75, 3.05) is 32.9 Å². The maximum atomic E-state index is 9.76. The van der Waals surface area contributed by atoms with Gasteiger partial charge in [0.25, 0.3) is 0 Å². The van der Waals surface area contributed by atoms with Gasteiger partial charge in [0, 0.05) is 19.7 Å². The summed E-state index contributed by atoms with van der Waals surface area (Å²) in [6, 6.07) is 0. The Morgan fingerprint density at radius 2 is 2.33 bits per heavy atom. The zero-order valence-corrected chi connectivity index (χ0v) is 11.5. The van der Waals surface area contributed by atoms with Gasteiger partial charge in [-0.25, -0.2) is 0 Å². The molecule has 108 valence electrons. The van der Waals surface area contributed by atoms with Crippen LogP contribution < -0.4 is 5.32 Å². The lowest BCUT2D eigenvalue weighted by Gasteiger charge is -2.22. The highest BCUT2D eigenvalue weighted by Gasteiger charge is 2.18. The zero-order chi connectivity index (χ0) is 13.4. The van der Waals surface area contributed by atoms with Gasteiger partial charge in [0.2, 0.25) is 0 Å². The van der Waals surface area contributed by atoms with Gasteiger partial charge in [0.05, 0.1) is 31.0 Å². The Morgan fingerprint density at radius 3 is 2.94 bits per heavy atom. The predicted molar refractivity (Wildman–Crippen MR) is 69.6 cm³/mol. The summed E-state index contributed by atoms with van der Waals surface area (Å²) in [6.07, 6.45) is 2.49. The molecule has 0 bridgehead atoms. The molecule has 0 aromatic carbocycles. The molecule has 5 nitrogen and oxygen atoms in total. The Bertz CT molecular complexity index is 217. The normalized spacial score (nSPS) is 25.0. The molecule has 1 saturated heterocycles. The van der Waals surface area contributed by atoms with Gasteiger partial charge in [0.15, 0.2) is 0 Å². The fraction of sp³-hybridized carbons (Fsp3) is 1.00. The molecule has 0 spiro atoms. The van der Waals surface area contributed by atoms with E-state index in [1.807, 2.05) is 6.92 Å². The topological polar surface area (TPSA) is 71.0 Å². The van der Waals surface area contributed by atoms with Gasteiger partial charge < -0.3 is 25.0 Å². The number of hydrogen-bond acceptors (Lipinski definition) is 5. The largest absolute Gasteiger partial charge is 0.389 e. The van der Waals surface area contributed by atoms with Gasteiger partial charge in [-0.2, -0.15) is 0 Å². The van der Waals surface area contributed by atoms with Crippen LogP contribution in [0.4, 0.5) is 0 Å². The Balaban J connectivity index is 1.98. The third-order valence-corrected chi connectivity index (χ3v) is 3.29. The molecule has 0 saturated carbocycles. The van der Waals surface area contributed by atoms with Crippen molar-refractivity contribution in [1.82, 2.24) is 5.32 Å². The molecule has 0 amide bonds. The molecule has 1 aliphatic heterocycles. The lowest BCUT2D eigenvalue weighted by molar-refractivity contribution is -0.0182. The third-order valence-electron chi connectivity index (χ3n) is 3.29. The fourth-order valence-corrected chi connectivity index (χ4v) is 1.80. The van der Waals surface area contributed by atoms with Crippen molar-refractivity contribution in [2.45, 2.75) is 50.9 Å². The molecule has 3 N–H and O–H groups in total. The summed E-state index contributed by atoms with van der Waals surface area (Å²) >= 11 is 0. The van der Waals surface area contributed by atoms with E-state index in [2.05, 4.69) is 5.32 Å². The molecule has 1 rings (SSSR count). The van der Waals surface area contributed by atoms with E-state index in [-0.39, 0.29) is 6.10 Å². The summed E-state index contributed by atoms with van der Waals surface area (Å²) in [5, 5.41) is 22.5. The minimum absolute atomic E-state index is 0.200. The molecule has 1 heterocycles. The number of ether oxygens (including phenoxy) is 2. The van der Waals surface area contributed by atoms with Crippen LogP contribution in [0.2, 0.25) is 0 Å². The average Bonchev–Trinajstić information content (AvgIpc) is 2.82. The Kier molecular flexibility index (Phi) is 7.11. The molecule has 0 aromatic rings. The lowest BCUT2D eigenvalue weighted by atomic mass is 10.0. The van der Waals surface area contributed by atoms with Gasteiger partial charge in [-0.05, 0) is 26.2 Å². The van der Waals surface area contributed by atoms with E-state index in [0.717, 1.165) is 19.4 Å². The first kappa shape index (κ1) is 15.9. The van der Waals surface area contributed by atoms with Crippen molar-refractivity contribution in [2.24, 2.45) is 0 Å². The standard InChI is InChI=1S/C13H27NO4/c1-3-13(2,16)10-14-7-11(15)8-17-9-12-5-4-6-18-12/h11-12,14-16H,3-10H2,1-2H3. The summed E-state index contributed by atoms with van der Waals surface area (Å²) < 4.78 is 10.8. The van der Waals surface area contributed by atoms with Gasteiger partial charge in [-0.15, -0.1) is 0 Å². The highest BCUT2D eigenvalue weighted by molar-refractivity contribution is 4.74. The van der Waals surface area contributed by atoms with Crippen LogP contribution in [0.15, 0.2) is 0 Å². The minimum Gasteiger partial charge on any atom is -0.389 e. The smallest absolute Gasteiger partial charge is 0.0897 e. The van der Waals surface area contributed by atoms with E-state index in [9.17, 15) is 10.2 Å². The molecule has 18 heavy (non-hydrogen) atoms. The van der Waals surface area contributed by atoms with Crippen LogP contribution in [0.5, 0.6) is 0 Å². The van der Waals surface area contributed by atoms with E-state index in [0.29, 0.717) is 32.7 Å². The average molecular weight is 261 g/mol. The highest BCUT2D eigenvalue weighted by Crippen LogP contribution is 2.11. The zero-order valence-electron chi connectivity index (χ0n) is 11.5. The molecule has 1 aliphatic rings. The Morgan fingerprint density at radius 1 is 1.56 bits per heavy atom. The SMILES string of the molecule is CCC(C)(O)CNCC(O)COCC1CCCO1. The Hall–Kier alpha value is -0.200. The monoisotopic (exact) mass is 261 g/mol. The molecule has 5 heteroatoms. The molecule has 0 aromatic heterocycles. The van der Waals surface area contributed by atoms with Gasteiger partial charge in [0.1, 0.15) is 0 Å². The van der Waals surface area contributed by atoms with E-state index in [1.54, 1.807) is 6.92 Å². The van der Waals surface area contributed by atoms with Crippen molar-refractivity contribution in [1.29, 1.82) is 0 Å². The second-order valence-electron chi connectivity index (χ2n) is 5.31. The van der Waals surface area contributed by atoms with E-state index < -0.39 is 11.7 Å². The van der Waals surface area contributed by atoms with Gasteiger partial charge >= 0.3 is 0 Å². The minimum atomic E-state index is -0.710. The van der Waals surface area contributed by atoms with Gasteiger partial charge in [-0.1, -0.05) is 6.92 Å². The second-order valence-corrected chi connectivity index (χ2v) is 5.31. The van der Waals surface area contributed by atoms with Crippen LogP contribution in [0.3, 0.4) is 0 Å². The number of aliphatic hydroxyl groups is 2. The maximum Gasteiger partial charge on any atom is 0.0897 e. The molecular formula is C13H27NO4. The van der Waals surface area contributed by atoms with Crippen molar-refractivity contribution < 1.29 is 19.7 Å². The number of nitrogens with one attached hydrogen (secondary N) is 1. The predicted octanol–water partition coefficient (Wildman–Crippen LogP) is 0.294. The molecule has 0 radical (unpaired) electrons. The summed E-state index contributed by atoms with van der Waals surface area (Å²) in [4.78, 5) is 0. The maximum absolute atomic E-state index is 9.76.